The van der Waals surface area contributed by atoms with E-state index in [0.717, 1.165) is 11.3 Å². The average molecular weight is 263 g/mol. The first-order chi connectivity index (χ1) is 9.10. The van der Waals surface area contributed by atoms with Crippen molar-refractivity contribution in [3.8, 4) is 6.01 Å². The van der Waals surface area contributed by atoms with Crippen molar-refractivity contribution < 1.29 is 9.15 Å². The van der Waals surface area contributed by atoms with Gasteiger partial charge >= 0.3 is 6.01 Å². The van der Waals surface area contributed by atoms with Crippen molar-refractivity contribution in [2.24, 2.45) is 0 Å². The van der Waals surface area contributed by atoms with Crippen LogP contribution in [0.25, 0.3) is 0 Å². The first-order valence-corrected chi connectivity index (χ1v) is 5.98. The average Bonchev–Trinajstić information content (AvgIpc) is 2.75. The molecule has 7 heteroatoms. The van der Waals surface area contributed by atoms with Crippen LogP contribution in [0.15, 0.2) is 16.7 Å². The first kappa shape index (κ1) is 13.1. The van der Waals surface area contributed by atoms with Crippen molar-refractivity contribution in [3.63, 3.8) is 0 Å². The van der Waals surface area contributed by atoms with Crippen LogP contribution >= 0.6 is 0 Å². The third-order valence-electron chi connectivity index (χ3n) is 2.61. The van der Waals surface area contributed by atoms with E-state index in [4.69, 9.17) is 14.9 Å². The maximum atomic E-state index is 5.64. The Hall–Kier alpha value is -2.31. The van der Waals surface area contributed by atoms with E-state index in [1.165, 1.54) is 0 Å². The monoisotopic (exact) mass is 263 g/mol. The summed E-state index contributed by atoms with van der Waals surface area (Å²) in [6.45, 7) is 4.87. The summed E-state index contributed by atoms with van der Waals surface area (Å²) in [5, 5.41) is 0. The number of furan rings is 1. The van der Waals surface area contributed by atoms with Gasteiger partial charge in [-0.1, -0.05) is 0 Å². The van der Waals surface area contributed by atoms with Gasteiger partial charge in [-0.3, -0.25) is 0 Å². The third kappa shape index (κ3) is 3.12. The van der Waals surface area contributed by atoms with Crippen molar-refractivity contribution in [3.05, 3.63) is 23.7 Å². The minimum atomic E-state index is 0.143. The fourth-order valence-electron chi connectivity index (χ4n) is 1.63. The molecule has 2 aromatic rings. The Morgan fingerprint density at radius 2 is 2.16 bits per heavy atom. The van der Waals surface area contributed by atoms with Crippen molar-refractivity contribution in [1.29, 1.82) is 0 Å². The van der Waals surface area contributed by atoms with Gasteiger partial charge in [-0.25, -0.2) is 0 Å². The minimum absolute atomic E-state index is 0.143. The molecule has 0 bridgehead atoms. The van der Waals surface area contributed by atoms with Gasteiger partial charge in [0.05, 0.1) is 12.9 Å². The van der Waals surface area contributed by atoms with Crippen LogP contribution in [0.4, 0.5) is 11.9 Å². The standard InChI is InChI=1S/C12H17N5O2/c1-4-18-12-15-10(13)14-11(16-12)17(3)7-9-5-6-19-8(9)2/h5-6H,4,7H2,1-3H3,(H2,13,14,15,16). The molecular formula is C12H17N5O2. The van der Waals surface area contributed by atoms with E-state index < -0.39 is 0 Å². The van der Waals surface area contributed by atoms with Crippen LogP contribution in [0.1, 0.15) is 18.2 Å². The second-order valence-electron chi connectivity index (χ2n) is 4.07. The lowest BCUT2D eigenvalue weighted by Gasteiger charge is -2.17. The Morgan fingerprint density at radius 1 is 1.37 bits per heavy atom. The smallest absolute Gasteiger partial charge is 0.323 e. The molecule has 0 aromatic carbocycles. The van der Waals surface area contributed by atoms with Crippen LogP contribution in [-0.4, -0.2) is 28.6 Å². The third-order valence-corrected chi connectivity index (χ3v) is 2.61. The zero-order valence-corrected chi connectivity index (χ0v) is 11.3. The lowest BCUT2D eigenvalue weighted by molar-refractivity contribution is 0.312. The molecule has 0 atom stereocenters. The molecule has 0 saturated carbocycles. The first-order valence-electron chi connectivity index (χ1n) is 5.98. The number of nitrogens with zero attached hydrogens (tertiary/aromatic N) is 4. The van der Waals surface area contributed by atoms with Gasteiger partial charge in [0, 0.05) is 19.2 Å². The lowest BCUT2D eigenvalue weighted by Crippen LogP contribution is -2.20. The van der Waals surface area contributed by atoms with Gasteiger partial charge in [0.1, 0.15) is 5.76 Å². The van der Waals surface area contributed by atoms with Crippen LogP contribution in [0.3, 0.4) is 0 Å². The number of ether oxygens (including phenoxy) is 1. The maximum absolute atomic E-state index is 5.64. The molecular weight excluding hydrogens is 246 g/mol. The predicted molar refractivity (Wildman–Crippen MR) is 71.0 cm³/mol. The molecule has 2 N–H and O–H groups in total. The van der Waals surface area contributed by atoms with Crippen LogP contribution in [0.5, 0.6) is 6.01 Å². The molecule has 0 saturated heterocycles. The minimum Gasteiger partial charge on any atom is -0.469 e. The van der Waals surface area contributed by atoms with Crippen LogP contribution < -0.4 is 15.4 Å². The van der Waals surface area contributed by atoms with E-state index in [1.54, 1.807) is 6.26 Å². The predicted octanol–water partition coefficient (Wildman–Crippen LogP) is 1.39. The van der Waals surface area contributed by atoms with E-state index in [0.29, 0.717) is 19.1 Å². The zero-order valence-electron chi connectivity index (χ0n) is 11.3. The Balaban J connectivity index is 2.18. The highest BCUT2D eigenvalue weighted by atomic mass is 16.5. The van der Waals surface area contributed by atoms with Crippen molar-refractivity contribution in [2.75, 3.05) is 24.3 Å². The Bertz CT molecular complexity index is 555. The number of nitrogens with two attached hydrogens (primary N) is 1. The normalized spacial score (nSPS) is 10.5. The quantitative estimate of drug-likeness (QED) is 0.871. The highest BCUT2D eigenvalue weighted by Gasteiger charge is 2.12. The Kier molecular flexibility index (Phi) is 3.84. The summed E-state index contributed by atoms with van der Waals surface area (Å²) in [5.74, 6) is 1.49. The molecule has 0 unspecified atom stereocenters. The number of aryl methyl sites for hydroxylation is 1. The SMILES string of the molecule is CCOc1nc(N)nc(N(C)Cc2ccoc2C)n1. The van der Waals surface area contributed by atoms with Gasteiger partial charge in [-0.15, -0.1) is 0 Å². The van der Waals surface area contributed by atoms with Gasteiger partial charge in [-0.05, 0) is 19.9 Å². The highest BCUT2D eigenvalue weighted by Crippen LogP contribution is 2.17. The molecule has 0 aliphatic carbocycles. The summed E-state index contributed by atoms with van der Waals surface area (Å²) >= 11 is 0. The molecule has 7 nitrogen and oxygen atoms in total. The van der Waals surface area contributed by atoms with E-state index in [1.807, 2.05) is 31.9 Å². The molecule has 0 aliphatic rings. The highest BCUT2D eigenvalue weighted by molar-refractivity contribution is 5.36. The summed E-state index contributed by atoms with van der Waals surface area (Å²) in [4.78, 5) is 14.1. The molecule has 102 valence electrons. The fraction of sp³-hybridized carbons (Fsp3) is 0.417. The largest absolute Gasteiger partial charge is 0.469 e. The molecule has 0 amide bonds. The molecule has 0 radical (unpaired) electrons. The molecule has 2 aromatic heterocycles. The molecule has 0 spiro atoms. The number of rotatable bonds is 5. The number of hydrogen-bond donors (Lipinski definition) is 1. The molecule has 19 heavy (non-hydrogen) atoms. The fourth-order valence-corrected chi connectivity index (χ4v) is 1.63. The van der Waals surface area contributed by atoms with Crippen molar-refractivity contribution >= 4 is 11.9 Å². The van der Waals surface area contributed by atoms with Gasteiger partial charge < -0.3 is 19.8 Å². The van der Waals surface area contributed by atoms with E-state index in [-0.39, 0.29) is 12.0 Å². The molecule has 2 heterocycles. The second kappa shape index (κ2) is 5.55. The van der Waals surface area contributed by atoms with E-state index in [9.17, 15) is 0 Å². The molecule has 0 aliphatic heterocycles. The van der Waals surface area contributed by atoms with Crippen LogP contribution in [-0.2, 0) is 6.54 Å². The summed E-state index contributed by atoms with van der Waals surface area (Å²) in [7, 11) is 1.87. The Labute approximate surface area is 111 Å². The van der Waals surface area contributed by atoms with Crippen LogP contribution in [0, 0.1) is 6.92 Å². The second-order valence-corrected chi connectivity index (χ2v) is 4.07. The van der Waals surface area contributed by atoms with Crippen molar-refractivity contribution in [2.45, 2.75) is 20.4 Å². The van der Waals surface area contributed by atoms with Crippen molar-refractivity contribution in [1.82, 2.24) is 15.0 Å². The number of aromatic nitrogens is 3. The lowest BCUT2D eigenvalue weighted by atomic mass is 10.2. The Morgan fingerprint density at radius 3 is 2.79 bits per heavy atom. The number of nitrogen functional groups attached to an aromatic ring is 1. The summed E-state index contributed by atoms with van der Waals surface area (Å²) < 4.78 is 10.5. The topological polar surface area (TPSA) is 90.3 Å². The van der Waals surface area contributed by atoms with Gasteiger partial charge in [0.15, 0.2) is 0 Å². The number of anilines is 2. The zero-order chi connectivity index (χ0) is 13.8. The summed E-state index contributed by atoms with van der Waals surface area (Å²) in [6.07, 6.45) is 1.66. The van der Waals surface area contributed by atoms with Gasteiger partial charge in [0.2, 0.25) is 11.9 Å². The summed E-state index contributed by atoms with van der Waals surface area (Å²) in [5.41, 5.74) is 6.71. The number of hydrogen-bond acceptors (Lipinski definition) is 7. The maximum Gasteiger partial charge on any atom is 0.323 e. The molecule has 2 rings (SSSR count). The van der Waals surface area contributed by atoms with Gasteiger partial charge in [0.25, 0.3) is 0 Å². The van der Waals surface area contributed by atoms with E-state index in [2.05, 4.69) is 15.0 Å². The van der Waals surface area contributed by atoms with Crippen LogP contribution in [0.2, 0.25) is 0 Å². The summed E-state index contributed by atoms with van der Waals surface area (Å²) in [6, 6.07) is 2.15. The van der Waals surface area contributed by atoms with E-state index >= 15 is 0 Å². The molecule has 0 fully saturated rings. The van der Waals surface area contributed by atoms with Gasteiger partial charge in [-0.2, -0.15) is 15.0 Å².